The summed E-state index contributed by atoms with van der Waals surface area (Å²) in [5, 5.41) is 8.68. The monoisotopic (exact) mass is 534 g/mol. The van der Waals surface area contributed by atoms with Crippen LogP contribution in [0.3, 0.4) is 0 Å². The summed E-state index contributed by atoms with van der Waals surface area (Å²) < 4.78 is 20.9. The van der Waals surface area contributed by atoms with E-state index in [2.05, 4.69) is 23.4 Å². The van der Waals surface area contributed by atoms with Crippen molar-refractivity contribution < 1.29 is 13.9 Å². The maximum Gasteiger partial charge on any atom is 0.318 e. The molecule has 6 rings (SSSR count). The summed E-state index contributed by atoms with van der Waals surface area (Å²) in [4.78, 5) is 15.0. The predicted octanol–water partition coefficient (Wildman–Crippen LogP) is 6.20. The first kappa shape index (κ1) is 25.1. The van der Waals surface area contributed by atoms with E-state index in [0.717, 1.165) is 36.9 Å². The van der Waals surface area contributed by atoms with Crippen molar-refractivity contribution in [3.05, 3.63) is 93.5 Å². The fraction of sp³-hybridized carbons (Fsp3) is 0.400. The third kappa shape index (κ3) is 4.85. The van der Waals surface area contributed by atoms with Gasteiger partial charge in [0.2, 0.25) is 0 Å². The number of nitrogens with one attached hydrogen (secondary N) is 1. The number of amides is 2. The predicted molar refractivity (Wildman–Crippen MR) is 145 cm³/mol. The molecule has 2 aromatic carbocycles. The largest absolute Gasteiger partial charge is 0.378 e. The number of nitrogens with zero attached hydrogens (tertiary/aromatic N) is 3. The summed E-state index contributed by atoms with van der Waals surface area (Å²) in [5.41, 5.74) is 7.30. The number of aromatic nitrogens is 2. The van der Waals surface area contributed by atoms with Gasteiger partial charge in [-0.2, -0.15) is 5.10 Å². The van der Waals surface area contributed by atoms with Crippen molar-refractivity contribution in [2.45, 2.75) is 44.6 Å². The van der Waals surface area contributed by atoms with E-state index in [0.29, 0.717) is 37.2 Å². The summed E-state index contributed by atoms with van der Waals surface area (Å²) in [5.74, 6) is 0.350. The molecular formula is C30H32ClFN4O2. The summed E-state index contributed by atoms with van der Waals surface area (Å²) in [6.07, 6.45) is 5.74. The van der Waals surface area contributed by atoms with Crippen LogP contribution in [0.15, 0.2) is 65.9 Å². The minimum absolute atomic E-state index is 0.0509. The number of hydrogen-bond donors (Lipinski definition) is 1. The molecule has 2 amide bonds. The molecule has 2 heterocycles. The van der Waals surface area contributed by atoms with Crippen molar-refractivity contribution in [2.75, 3.05) is 26.3 Å². The molecule has 0 radical (unpaired) electrons. The number of urea groups is 1. The maximum atomic E-state index is 13.5. The zero-order valence-electron chi connectivity index (χ0n) is 21.5. The van der Waals surface area contributed by atoms with Crippen LogP contribution >= 0.6 is 11.6 Å². The van der Waals surface area contributed by atoms with E-state index < -0.39 is 0 Å². The van der Waals surface area contributed by atoms with Gasteiger partial charge in [0.25, 0.3) is 0 Å². The number of allylic oxidation sites excluding steroid dienone is 2. The van der Waals surface area contributed by atoms with Crippen LogP contribution in [-0.4, -0.2) is 47.0 Å². The van der Waals surface area contributed by atoms with Gasteiger partial charge >= 0.3 is 6.03 Å². The van der Waals surface area contributed by atoms with Crippen LogP contribution in [0.4, 0.5) is 9.18 Å². The highest BCUT2D eigenvalue weighted by Crippen LogP contribution is 2.49. The Balaban J connectivity index is 1.25. The Labute approximate surface area is 227 Å². The maximum absolute atomic E-state index is 13.5. The van der Waals surface area contributed by atoms with Gasteiger partial charge in [0, 0.05) is 36.0 Å². The molecular weight excluding hydrogens is 503 g/mol. The quantitative estimate of drug-likeness (QED) is 0.396. The Hall–Kier alpha value is -3.16. The number of carbonyl (C=O) groups excluding carboxylic acids is 1. The minimum atomic E-state index is -0.248. The average Bonchev–Trinajstić information content (AvgIpc) is 3.54. The molecule has 3 atom stereocenters. The lowest BCUT2D eigenvalue weighted by molar-refractivity contribution is 0.0523. The zero-order chi connectivity index (χ0) is 26.2. The molecule has 1 fully saturated rings. The van der Waals surface area contributed by atoms with Crippen LogP contribution in [0, 0.1) is 11.7 Å². The van der Waals surface area contributed by atoms with E-state index >= 15 is 0 Å². The van der Waals surface area contributed by atoms with Gasteiger partial charge < -0.3 is 15.0 Å². The third-order valence-corrected chi connectivity index (χ3v) is 8.53. The zero-order valence-corrected chi connectivity index (χ0v) is 22.3. The first-order valence-corrected chi connectivity index (χ1v) is 13.8. The van der Waals surface area contributed by atoms with Gasteiger partial charge in [-0.3, -0.25) is 0 Å². The Morgan fingerprint density at radius 2 is 2.00 bits per heavy atom. The highest BCUT2D eigenvalue weighted by Gasteiger charge is 2.37. The molecule has 0 spiro atoms. The van der Waals surface area contributed by atoms with Gasteiger partial charge in [-0.15, -0.1) is 0 Å². The number of halogens is 2. The first-order chi connectivity index (χ1) is 18.5. The molecule has 38 heavy (non-hydrogen) atoms. The van der Waals surface area contributed by atoms with Crippen LogP contribution in [0.1, 0.15) is 55.0 Å². The summed E-state index contributed by atoms with van der Waals surface area (Å²) in [6.45, 7) is 4.61. The number of morpholine rings is 1. The Morgan fingerprint density at radius 3 is 2.76 bits per heavy atom. The van der Waals surface area contributed by atoms with Crippen LogP contribution in [0.2, 0.25) is 5.02 Å². The SMILES string of the molecule is C[C@@H]1C2=C(CC[C@@H]2CC(NC(=O)N2CCOCC2)c2cccc(Cl)c2)Cc2c1cnn2-c1ccc(F)cc1. The number of carbonyl (C=O) groups is 1. The van der Waals surface area contributed by atoms with Crippen molar-refractivity contribution in [3.63, 3.8) is 0 Å². The topological polar surface area (TPSA) is 59.4 Å². The normalized spacial score (nSPS) is 21.7. The molecule has 1 aliphatic heterocycles. The first-order valence-electron chi connectivity index (χ1n) is 13.4. The van der Waals surface area contributed by atoms with Gasteiger partial charge in [-0.05, 0) is 67.1 Å². The van der Waals surface area contributed by atoms with Gasteiger partial charge in [0.05, 0.1) is 36.8 Å². The highest BCUT2D eigenvalue weighted by atomic mass is 35.5. The van der Waals surface area contributed by atoms with Crippen molar-refractivity contribution in [1.82, 2.24) is 20.0 Å². The molecule has 1 unspecified atom stereocenters. The fourth-order valence-electron chi connectivity index (χ4n) is 6.42. The molecule has 198 valence electrons. The van der Waals surface area contributed by atoms with Crippen LogP contribution < -0.4 is 5.32 Å². The number of benzene rings is 2. The van der Waals surface area contributed by atoms with Gasteiger partial charge in [0.1, 0.15) is 5.82 Å². The van der Waals surface area contributed by atoms with E-state index in [4.69, 9.17) is 16.3 Å². The molecule has 2 aliphatic carbocycles. The van der Waals surface area contributed by atoms with Gasteiger partial charge in [-0.25, -0.2) is 13.9 Å². The lowest BCUT2D eigenvalue weighted by Gasteiger charge is -2.32. The summed E-state index contributed by atoms with van der Waals surface area (Å²) in [7, 11) is 0. The number of hydrogen-bond acceptors (Lipinski definition) is 3. The second-order valence-electron chi connectivity index (χ2n) is 10.5. The minimum Gasteiger partial charge on any atom is -0.378 e. The van der Waals surface area contributed by atoms with Crippen LogP contribution in [0.5, 0.6) is 0 Å². The van der Waals surface area contributed by atoms with Crippen LogP contribution in [-0.2, 0) is 11.2 Å². The lowest BCUT2D eigenvalue weighted by atomic mass is 9.78. The lowest BCUT2D eigenvalue weighted by Crippen LogP contribution is -2.47. The molecule has 0 saturated carbocycles. The molecule has 3 aromatic rings. The molecule has 0 bridgehead atoms. The Bertz CT molecular complexity index is 1360. The second-order valence-corrected chi connectivity index (χ2v) is 11.0. The molecule has 6 nitrogen and oxygen atoms in total. The van der Waals surface area contributed by atoms with E-state index in [1.807, 2.05) is 34.0 Å². The Morgan fingerprint density at radius 1 is 1.21 bits per heavy atom. The van der Waals surface area contributed by atoms with Gasteiger partial charge in [-0.1, -0.05) is 41.8 Å². The molecule has 1 N–H and O–H groups in total. The standard InChI is InChI=1S/C30H32ClFN4O2/c1-19-26-18-33-36(25-9-7-24(32)8-10-25)28(26)17-22-6-5-21(29(19)22)16-27(20-3-2-4-23(31)15-20)34-30(37)35-11-13-38-14-12-35/h2-4,7-10,15,18-19,21,27H,5-6,11-14,16-17H2,1H3,(H,34,37)/t19-,21+,27?/m0/s1. The number of ether oxygens (including phenoxy) is 1. The molecule has 3 aliphatic rings. The Kier molecular flexibility index (Phi) is 6.97. The van der Waals surface area contributed by atoms with Crippen molar-refractivity contribution in [1.29, 1.82) is 0 Å². The third-order valence-electron chi connectivity index (χ3n) is 8.30. The fourth-order valence-corrected chi connectivity index (χ4v) is 6.62. The van der Waals surface area contributed by atoms with Crippen molar-refractivity contribution >= 4 is 17.6 Å². The average molecular weight is 535 g/mol. The molecule has 1 aromatic heterocycles. The second kappa shape index (κ2) is 10.5. The van der Waals surface area contributed by atoms with E-state index in [1.165, 1.54) is 34.5 Å². The van der Waals surface area contributed by atoms with Crippen molar-refractivity contribution in [2.24, 2.45) is 5.92 Å². The summed E-state index contributed by atoms with van der Waals surface area (Å²) in [6, 6.07) is 14.2. The van der Waals surface area contributed by atoms with Crippen molar-refractivity contribution in [3.8, 4) is 5.69 Å². The summed E-state index contributed by atoms with van der Waals surface area (Å²) >= 11 is 6.36. The highest BCUT2D eigenvalue weighted by molar-refractivity contribution is 6.30. The molecule has 1 saturated heterocycles. The smallest absolute Gasteiger partial charge is 0.318 e. The number of rotatable bonds is 5. The van der Waals surface area contributed by atoms with E-state index in [-0.39, 0.29) is 23.8 Å². The van der Waals surface area contributed by atoms with E-state index in [9.17, 15) is 9.18 Å². The van der Waals surface area contributed by atoms with Gasteiger partial charge in [0.15, 0.2) is 0 Å². The number of fused-ring (bicyclic) bond motifs is 1. The molecule has 8 heteroatoms. The van der Waals surface area contributed by atoms with E-state index in [1.54, 1.807) is 12.1 Å². The van der Waals surface area contributed by atoms with Crippen LogP contribution in [0.25, 0.3) is 5.69 Å².